The molecule has 4 heteroatoms. The standard InChI is InChI=1S/C64H43N3O/c1-63(2)50-23-9-6-19-44(50)45-36-35-43(39-55(45)63)65(40-17-4-3-5-18-40)41-31-33-42(34-32-41)66-56-27-12-7-21-47(56)49-37-38-54-62(61(49)66)68-59-30-15-11-25-52(59)64(54)51-24-10-14-29-58(51)67-57-28-13-8-20-46(57)48-22-16-26-53(64)60(48)67/h3-39H,1-2H3. The predicted octanol–water partition coefficient (Wildman–Crippen LogP) is 16.5. The van der Waals surface area contributed by atoms with Gasteiger partial charge in [0.25, 0.3) is 0 Å². The van der Waals surface area contributed by atoms with Crippen LogP contribution in [0.25, 0.3) is 66.1 Å². The molecule has 1 atom stereocenters. The fourth-order valence-corrected chi connectivity index (χ4v) is 12.7. The maximum absolute atomic E-state index is 7.39. The average molecular weight is 870 g/mol. The Hall–Kier alpha value is -8.60. The Kier molecular flexibility index (Phi) is 7.46. The molecule has 0 amide bonds. The smallest absolute Gasteiger partial charge is 0.156 e. The van der Waals surface area contributed by atoms with Crippen LogP contribution in [0.5, 0.6) is 11.5 Å². The van der Waals surface area contributed by atoms with Crippen LogP contribution in [0.2, 0.25) is 0 Å². The van der Waals surface area contributed by atoms with E-state index in [1.165, 1.54) is 66.3 Å². The van der Waals surface area contributed by atoms with E-state index < -0.39 is 5.41 Å². The first-order valence-corrected chi connectivity index (χ1v) is 23.7. The highest BCUT2D eigenvalue weighted by atomic mass is 16.5. The Morgan fingerprint density at radius 3 is 1.78 bits per heavy atom. The van der Waals surface area contributed by atoms with Gasteiger partial charge in [-0.2, -0.15) is 0 Å². The summed E-state index contributed by atoms with van der Waals surface area (Å²) in [4.78, 5) is 2.39. The van der Waals surface area contributed by atoms with Crippen molar-refractivity contribution in [3.05, 3.63) is 258 Å². The summed E-state index contributed by atoms with van der Waals surface area (Å²) >= 11 is 0. The fraction of sp³-hybridized carbons (Fsp3) is 0.0625. The first-order valence-electron chi connectivity index (χ1n) is 23.7. The van der Waals surface area contributed by atoms with Gasteiger partial charge < -0.3 is 18.8 Å². The lowest BCUT2D eigenvalue weighted by Crippen LogP contribution is -2.37. The second-order valence-electron chi connectivity index (χ2n) is 19.2. The molecular formula is C64H43N3O. The van der Waals surface area contributed by atoms with Crippen molar-refractivity contribution in [1.82, 2.24) is 9.13 Å². The third kappa shape index (κ3) is 4.73. The van der Waals surface area contributed by atoms with Crippen molar-refractivity contribution < 1.29 is 4.74 Å². The van der Waals surface area contributed by atoms with Crippen molar-refractivity contribution in [2.75, 3.05) is 4.90 Å². The van der Waals surface area contributed by atoms with E-state index in [9.17, 15) is 0 Å². The van der Waals surface area contributed by atoms with Crippen molar-refractivity contribution in [2.45, 2.75) is 24.7 Å². The number of hydrogen-bond donors (Lipinski definition) is 0. The van der Waals surface area contributed by atoms with Crippen LogP contribution in [0.1, 0.15) is 47.2 Å². The first kappa shape index (κ1) is 37.6. The molecule has 1 unspecified atom stereocenters. The zero-order valence-electron chi connectivity index (χ0n) is 37.6. The van der Waals surface area contributed by atoms with Gasteiger partial charge in [0.2, 0.25) is 0 Å². The topological polar surface area (TPSA) is 22.3 Å². The van der Waals surface area contributed by atoms with Crippen molar-refractivity contribution >= 4 is 60.7 Å². The van der Waals surface area contributed by atoms with Gasteiger partial charge in [-0.3, -0.25) is 0 Å². The summed E-state index contributed by atoms with van der Waals surface area (Å²) in [7, 11) is 0. The highest BCUT2D eigenvalue weighted by molar-refractivity contribution is 6.14. The zero-order chi connectivity index (χ0) is 44.9. The minimum Gasteiger partial charge on any atom is -0.454 e. The summed E-state index contributed by atoms with van der Waals surface area (Å²) in [5.74, 6) is 1.75. The van der Waals surface area contributed by atoms with Crippen LogP contribution in [0, 0.1) is 0 Å². The molecule has 3 aliphatic rings. The summed E-state index contributed by atoms with van der Waals surface area (Å²) in [5.41, 5.74) is 19.6. The Morgan fingerprint density at radius 2 is 0.971 bits per heavy atom. The predicted molar refractivity (Wildman–Crippen MR) is 279 cm³/mol. The van der Waals surface area contributed by atoms with Crippen LogP contribution in [0.15, 0.2) is 224 Å². The maximum Gasteiger partial charge on any atom is 0.156 e. The number of rotatable bonds is 4. The van der Waals surface area contributed by atoms with Gasteiger partial charge in [0, 0.05) is 60.8 Å². The molecule has 2 aromatic heterocycles. The molecule has 0 saturated carbocycles. The molecular weight excluding hydrogens is 827 g/mol. The second-order valence-corrected chi connectivity index (χ2v) is 19.2. The van der Waals surface area contributed by atoms with E-state index in [0.717, 1.165) is 61.8 Å². The molecule has 0 N–H and O–H groups in total. The van der Waals surface area contributed by atoms with E-state index in [2.05, 4.69) is 252 Å². The molecule has 1 spiro atoms. The number of para-hydroxylation sites is 6. The van der Waals surface area contributed by atoms with E-state index >= 15 is 0 Å². The quantitative estimate of drug-likeness (QED) is 0.176. The SMILES string of the molecule is CC1(C)c2ccccc2-c2ccc(N(c3ccccc3)c3ccc(-n4c5ccccc5c5ccc6c(c54)Oc4ccccc4C64c5ccccc5-n5c6ccccc6c6cccc4c65)cc3)cc21. The number of nitrogens with zero attached hydrogens (tertiary/aromatic N) is 3. The van der Waals surface area contributed by atoms with Crippen molar-refractivity contribution in [1.29, 1.82) is 0 Å². The molecule has 320 valence electrons. The Morgan fingerprint density at radius 1 is 0.382 bits per heavy atom. The van der Waals surface area contributed by atoms with Gasteiger partial charge in [-0.15, -0.1) is 0 Å². The molecule has 0 saturated heterocycles. The molecule has 12 aromatic rings. The van der Waals surface area contributed by atoms with Crippen LogP contribution in [0.4, 0.5) is 17.1 Å². The fourth-order valence-electron chi connectivity index (χ4n) is 12.7. The summed E-state index contributed by atoms with van der Waals surface area (Å²) in [6, 6.07) is 82.7. The molecule has 4 heterocycles. The Bertz CT molecular complexity index is 4100. The number of hydrogen-bond acceptors (Lipinski definition) is 2. The number of benzene rings is 10. The molecule has 0 bridgehead atoms. The lowest BCUT2D eigenvalue weighted by molar-refractivity contribution is 0.438. The minimum absolute atomic E-state index is 0.115. The third-order valence-corrected chi connectivity index (χ3v) is 15.6. The van der Waals surface area contributed by atoms with Crippen LogP contribution in [-0.4, -0.2) is 9.13 Å². The van der Waals surface area contributed by atoms with Gasteiger partial charge in [-0.05, 0) is 106 Å². The van der Waals surface area contributed by atoms with Crippen LogP contribution in [-0.2, 0) is 10.8 Å². The molecule has 0 radical (unpaired) electrons. The van der Waals surface area contributed by atoms with Gasteiger partial charge in [0.1, 0.15) is 5.75 Å². The first-order chi connectivity index (χ1) is 33.5. The Labute approximate surface area is 394 Å². The highest BCUT2D eigenvalue weighted by Gasteiger charge is 2.51. The third-order valence-electron chi connectivity index (χ3n) is 15.6. The summed E-state index contributed by atoms with van der Waals surface area (Å²) in [5, 5.41) is 4.85. The van der Waals surface area contributed by atoms with E-state index in [1.54, 1.807) is 0 Å². The summed E-state index contributed by atoms with van der Waals surface area (Å²) in [6.45, 7) is 4.70. The molecule has 68 heavy (non-hydrogen) atoms. The molecule has 1 aliphatic carbocycles. The van der Waals surface area contributed by atoms with Crippen molar-refractivity contribution in [3.63, 3.8) is 0 Å². The molecule has 4 nitrogen and oxygen atoms in total. The van der Waals surface area contributed by atoms with Gasteiger partial charge in [0.05, 0.1) is 33.2 Å². The summed E-state index contributed by atoms with van der Waals surface area (Å²) < 4.78 is 12.3. The van der Waals surface area contributed by atoms with Crippen LogP contribution < -0.4 is 9.64 Å². The number of fused-ring (bicyclic) bond motifs is 18. The van der Waals surface area contributed by atoms with E-state index in [4.69, 9.17) is 4.74 Å². The van der Waals surface area contributed by atoms with E-state index in [1.807, 2.05) is 0 Å². The number of anilines is 3. The number of ether oxygens (including phenoxy) is 1. The van der Waals surface area contributed by atoms with Gasteiger partial charge in [0.15, 0.2) is 5.75 Å². The molecule has 15 rings (SSSR count). The largest absolute Gasteiger partial charge is 0.454 e. The normalized spacial score (nSPS) is 15.8. The summed E-state index contributed by atoms with van der Waals surface area (Å²) in [6.07, 6.45) is 0. The molecule has 0 fully saturated rings. The van der Waals surface area contributed by atoms with Gasteiger partial charge >= 0.3 is 0 Å². The second kappa shape index (κ2) is 13.5. The minimum atomic E-state index is -0.675. The molecule has 2 aliphatic heterocycles. The average Bonchev–Trinajstić information content (AvgIpc) is 4.00. The number of aromatic nitrogens is 2. The van der Waals surface area contributed by atoms with E-state index in [0.29, 0.717) is 0 Å². The van der Waals surface area contributed by atoms with Crippen LogP contribution in [0.3, 0.4) is 0 Å². The zero-order valence-corrected chi connectivity index (χ0v) is 37.6. The van der Waals surface area contributed by atoms with Crippen molar-refractivity contribution in [2.24, 2.45) is 0 Å². The monoisotopic (exact) mass is 869 g/mol. The van der Waals surface area contributed by atoms with Gasteiger partial charge in [-0.1, -0.05) is 166 Å². The lowest BCUT2D eigenvalue weighted by atomic mass is 9.61. The van der Waals surface area contributed by atoms with E-state index in [-0.39, 0.29) is 5.41 Å². The lowest BCUT2D eigenvalue weighted by Gasteiger charge is -2.45. The molecule has 10 aromatic carbocycles. The Balaban J connectivity index is 0.966. The maximum atomic E-state index is 7.39. The highest BCUT2D eigenvalue weighted by Crippen LogP contribution is 2.62. The van der Waals surface area contributed by atoms with Crippen molar-refractivity contribution in [3.8, 4) is 34.0 Å². The van der Waals surface area contributed by atoms with Crippen LogP contribution >= 0.6 is 0 Å². The van der Waals surface area contributed by atoms with Gasteiger partial charge in [-0.25, -0.2) is 0 Å².